The summed E-state index contributed by atoms with van der Waals surface area (Å²) in [6.07, 6.45) is 3.51. The number of nitrogens with zero attached hydrogens (tertiary/aromatic N) is 2. The van der Waals surface area contributed by atoms with Gasteiger partial charge in [-0.2, -0.15) is 0 Å². The fourth-order valence-electron chi connectivity index (χ4n) is 2.41. The zero-order valence-corrected chi connectivity index (χ0v) is 11.2. The van der Waals surface area contributed by atoms with Crippen molar-refractivity contribution in [3.63, 3.8) is 0 Å². The molecule has 0 radical (unpaired) electrons. The minimum Gasteiger partial charge on any atom is -0.366 e. The average Bonchev–Trinajstić information content (AvgIpc) is 2.64. The molecule has 2 aromatic rings. The summed E-state index contributed by atoms with van der Waals surface area (Å²) in [5, 5.41) is 0. The Morgan fingerprint density at radius 3 is 2.68 bits per heavy atom. The molecule has 0 aromatic carbocycles. The van der Waals surface area contributed by atoms with Crippen molar-refractivity contribution in [2.75, 3.05) is 0 Å². The Morgan fingerprint density at radius 1 is 1.42 bits per heavy atom. The van der Waals surface area contributed by atoms with Crippen molar-refractivity contribution in [1.29, 1.82) is 0 Å². The van der Waals surface area contributed by atoms with Crippen LogP contribution in [0.2, 0.25) is 0 Å². The van der Waals surface area contributed by atoms with Crippen LogP contribution in [0.5, 0.6) is 0 Å². The number of nitrogens with two attached hydrogens (primary N) is 1. The highest BCUT2D eigenvalue weighted by Crippen LogP contribution is 2.30. The second-order valence-electron chi connectivity index (χ2n) is 4.40. The maximum atomic E-state index is 11.7. The molecule has 0 aliphatic rings. The van der Waals surface area contributed by atoms with Crippen molar-refractivity contribution in [3.05, 3.63) is 54.0 Å². The van der Waals surface area contributed by atoms with Crippen LogP contribution in [0.4, 0.5) is 0 Å². The second kappa shape index (κ2) is 5.10. The van der Waals surface area contributed by atoms with E-state index in [0.717, 1.165) is 22.6 Å². The quantitative estimate of drug-likeness (QED) is 0.853. The fraction of sp³-hybridized carbons (Fsp3) is 0.200. The van der Waals surface area contributed by atoms with E-state index in [0.29, 0.717) is 12.1 Å². The fourth-order valence-corrected chi connectivity index (χ4v) is 2.41. The van der Waals surface area contributed by atoms with Crippen LogP contribution in [0.25, 0.3) is 11.3 Å². The van der Waals surface area contributed by atoms with E-state index in [1.54, 1.807) is 12.3 Å². The van der Waals surface area contributed by atoms with E-state index >= 15 is 0 Å². The molecule has 0 aliphatic heterocycles. The molecule has 0 fully saturated rings. The van der Waals surface area contributed by atoms with Gasteiger partial charge in [-0.1, -0.05) is 12.1 Å². The van der Waals surface area contributed by atoms with E-state index in [9.17, 15) is 4.79 Å². The predicted octanol–water partition coefficient (Wildman–Crippen LogP) is 2.45. The van der Waals surface area contributed by atoms with Gasteiger partial charge in [0, 0.05) is 29.7 Å². The molecular formula is C15H17N3O. The summed E-state index contributed by atoms with van der Waals surface area (Å²) in [4.78, 5) is 16.1. The first kappa shape index (κ1) is 13.1. The normalized spacial score (nSPS) is 10.4. The Balaban J connectivity index is 2.75. The lowest BCUT2D eigenvalue weighted by atomic mass is 10.0. The zero-order chi connectivity index (χ0) is 14.0. The third-order valence-electron chi connectivity index (χ3n) is 3.26. The Kier molecular flexibility index (Phi) is 3.51. The number of amides is 1. The van der Waals surface area contributed by atoms with Crippen LogP contribution in [0.15, 0.2) is 37.1 Å². The Bertz CT molecular complexity index is 627. The van der Waals surface area contributed by atoms with Gasteiger partial charge in [-0.05, 0) is 26.0 Å². The number of hydrogen-bond acceptors (Lipinski definition) is 2. The summed E-state index contributed by atoms with van der Waals surface area (Å²) in [5.74, 6) is -0.427. The highest BCUT2D eigenvalue weighted by Gasteiger charge is 2.22. The zero-order valence-electron chi connectivity index (χ0n) is 11.2. The van der Waals surface area contributed by atoms with E-state index in [1.807, 2.05) is 36.6 Å². The lowest BCUT2D eigenvalue weighted by Crippen LogP contribution is -2.13. The minimum atomic E-state index is -0.427. The molecule has 2 aromatic heterocycles. The van der Waals surface area contributed by atoms with Gasteiger partial charge in [0.05, 0.1) is 11.3 Å². The van der Waals surface area contributed by atoms with Gasteiger partial charge in [0.1, 0.15) is 0 Å². The number of rotatable bonds is 4. The highest BCUT2D eigenvalue weighted by atomic mass is 16.1. The molecule has 0 saturated carbocycles. The molecule has 98 valence electrons. The summed E-state index contributed by atoms with van der Waals surface area (Å²) in [5.41, 5.74) is 9.47. The van der Waals surface area contributed by atoms with Crippen molar-refractivity contribution >= 4 is 5.91 Å². The number of primary amides is 1. The molecule has 0 bridgehead atoms. The predicted molar refractivity (Wildman–Crippen MR) is 75.9 cm³/mol. The highest BCUT2D eigenvalue weighted by molar-refractivity contribution is 6.01. The second-order valence-corrected chi connectivity index (χ2v) is 4.40. The summed E-state index contributed by atoms with van der Waals surface area (Å²) in [6, 6.07) is 5.62. The first-order valence-corrected chi connectivity index (χ1v) is 6.09. The monoisotopic (exact) mass is 255 g/mol. The van der Waals surface area contributed by atoms with E-state index in [4.69, 9.17) is 5.73 Å². The molecule has 0 saturated heterocycles. The molecule has 2 rings (SSSR count). The van der Waals surface area contributed by atoms with Crippen LogP contribution in [0.3, 0.4) is 0 Å². The van der Waals surface area contributed by atoms with Gasteiger partial charge < -0.3 is 10.3 Å². The number of hydrogen-bond donors (Lipinski definition) is 1. The summed E-state index contributed by atoms with van der Waals surface area (Å²) >= 11 is 0. The summed E-state index contributed by atoms with van der Waals surface area (Å²) < 4.78 is 2.02. The maximum absolute atomic E-state index is 11.7. The SMILES string of the molecule is C=CCn1c(C)c(C(N)=O)c(-c2ccccn2)c1C. The van der Waals surface area contributed by atoms with Crippen LogP contribution < -0.4 is 5.73 Å². The number of carbonyl (C=O) groups is 1. The number of pyridine rings is 1. The lowest BCUT2D eigenvalue weighted by molar-refractivity contribution is 0.1000. The van der Waals surface area contributed by atoms with Crippen LogP contribution >= 0.6 is 0 Å². The number of carbonyl (C=O) groups excluding carboxylic acids is 1. The van der Waals surface area contributed by atoms with Crippen LogP contribution in [0, 0.1) is 13.8 Å². The van der Waals surface area contributed by atoms with Gasteiger partial charge >= 0.3 is 0 Å². The van der Waals surface area contributed by atoms with Gasteiger partial charge in [-0.25, -0.2) is 0 Å². The lowest BCUT2D eigenvalue weighted by Gasteiger charge is -2.05. The van der Waals surface area contributed by atoms with Crippen molar-refractivity contribution < 1.29 is 4.79 Å². The van der Waals surface area contributed by atoms with E-state index < -0.39 is 5.91 Å². The third kappa shape index (κ3) is 2.17. The molecule has 2 N–H and O–H groups in total. The summed E-state index contributed by atoms with van der Waals surface area (Å²) in [7, 11) is 0. The van der Waals surface area contributed by atoms with Crippen LogP contribution in [-0.2, 0) is 6.54 Å². The van der Waals surface area contributed by atoms with E-state index in [2.05, 4.69) is 11.6 Å². The molecule has 19 heavy (non-hydrogen) atoms. The molecule has 0 atom stereocenters. The molecule has 0 unspecified atom stereocenters. The largest absolute Gasteiger partial charge is 0.366 e. The van der Waals surface area contributed by atoms with Gasteiger partial charge in [-0.3, -0.25) is 9.78 Å². The molecule has 4 heteroatoms. The Morgan fingerprint density at radius 2 is 2.16 bits per heavy atom. The van der Waals surface area contributed by atoms with Gasteiger partial charge in [0.15, 0.2) is 0 Å². The topological polar surface area (TPSA) is 60.9 Å². The molecule has 4 nitrogen and oxygen atoms in total. The van der Waals surface area contributed by atoms with E-state index in [-0.39, 0.29) is 0 Å². The van der Waals surface area contributed by atoms with Gasteiger partial charge in [-0.15, -0.1) is 6.58 Å². The maximum Gasteiger partial charge on any atom is 0.251 e. The van der Waals surface area contributed by atoms with Crippen molar-refractivity contribution in [2.45, 2.75) is 20.4 Å². The molecular weight excluding hydrogens is 238 g/mol. The number of aromatic nitrogens is 2. The molecule has 2 heterocycles. The van der Waals surface area contributed by atoms with E-state index in [1.165, 1.54) is 0 Å². The Hall–Kier alpha value is -2.36. The first-order chi connectivity index (χ1) is 9.07. The minimum absolute atomic E-state index is 0.427. The van der Waals surface area contributed by atoms with Gasteiger partial charge in [0.25, 0.3) is 5.91 Å². The molecule has 1 amide bonds. The van der Waals surface area contributed by atoms with Gasteiger partial charge in [0.2, 0.25) is 0 Å². The van der Waals surface area contributed by atoms with Crippen LogP contribution in [0.1, 0.15) is 21.7 Å². The first-order valence-electron chi connectivity index (χ1n) is 6.09. The van der Waals surface area contributed by atoms with Crippen LogP contribution in [-0.4, -0.2) is 15.5 Å². The number of allylic oxidation sites excluding steroid dienone is 1. The standard InChI is InChI=1S/C15H17N3O/c1-4-9-18-10(2)13(12-7-5-6-8-17-12)14(11(18)3)15(16)19/h4-8H,1,9H2,2-3H3,(H2,16,19). The van der Waals surface area contributed by atoms with Crippen molar-refractivity contribution in [3.8, 4) is 11.3 Å². The summed E-state index contributed by atoms with van der Waals surface area (Å²) in [6.45, 7) is 8.24. The average molecular weight is 255 g/mol. The molecule has 0 spiro atoms. The Labute approximate surface area is 112 Å². The smallest absolute Gasteiger partial charge is 0.251 e. The third-order valence-corrected chi connectivity index (χ3v) is 3.26. The molecule has 0 aliphatic carbocycles. The van der Waals surface area contributed by atoms with Crippen molar-refractivity contribution in [1.82, 2.24) is 9.55 Å². The van der Waals surface area contributed by atoms with Crippen molar-refractivity contribution in [2.24, 2.45) is 5.73 Å².